The van der Waals surface area contributed by atoms with Crippen LogP contribution < -0.4 is 0 Å². The van der Waals surface area contributed by atoms with Gasteiger partial charge >= 0.3 is 0 Å². The van der Waals surface area contributed by atoms with Crippen LogP contribution in [-0.4, -0.2) is 10.3 Å². The summed E-state index contributed by atoms with van der Waals surface area (Å²) in [6, 6.07) is 16.0. The van der Waals surface area contributed by atoms with Crippen molar-refractivity contribution in [2.24, 2.45) is 9.98 Å². The Labute approximate surface area is 167 Å². The van der Waals surface area contributed by atoms with E-state index >= 15 is 0 Å². The third-order valence-electron chi connectivity index (χ3n) is 4.09. The molecule has 0 aliphatic carbocycles. The van der Waals surface area contributed by atoms with E-state index in [2.05, 4.69) is 75.8 Å². The van der Waals surface area contributed by atoms with Gasteiger partial charge in [-0.1, -0.05) is 89.0 Å². The van der Waals surface area contributed by atoms with Crippen LogP contribution in [-0.2, 0) is 10.8 Å². The Morgan fingerprint density at radius 1 is 0.577 bits per heavy atom. The number of hydrogen-bond acceptors (Lipinski definition) is 2. The van der Waals surface area contributed by atoms with Crippen LogP contribution in [0.25, 0.3) is 0 Å². The zero-order chi connectivity index (χ0) is 19.5. The molecule has 2 nitrogen and oxygen atoms in total. The van der Waals surface area contributed by atoms with Gasteiger partial charge in [-0.25, -0.2) is 9.98 Å². The van der Waals surface area contributed by atoms with Crippen molar-refractivity contribution in [1.29, 1.82) is 0 Å². The third-order valence-corrected chi connectivity index (χ3v) is 4.72. The summed E-state index contributed by atoms with van der Waals surface area (Å²) in [5.74, 6) is 0. The van der Waals surface area contributed by atoms with E-state index < -0.39 is 0 Å². The molecule has 0 N–H and O–H groups in total. The predicted octanol–water partition coefficient (Wildman–Crippen LogP) is 7.52. The van der Waals surface area contributed by atoms with Gasteiger partial charge < -0.3 is 0 Å². The standard InChI is InChI=1S/C22H26Cl2N2/c1-21(2,3)15-7-11-17(12-8-15)25-19(23)20(24)26-18-13-9-16(10-14-18)22(4,5)6/h7-14H,1-6H3. The molecule has 0 fully saturated rings. The van der Waals surface area contributed by atoms with E-state index in [9.17, 15) is 0 Å². The molecule has 0 aliphatic heterocycles. The lowest BCUT2D eigenvalue weighted by Gasteiger charge is -2.18. The van der Waals surface area contributed by atoms with Crippen LogP contribution in [0.4, 0.5) is 11.4 Å². The normalized spacial score (nSPS) is 13.8. The van der Waals surface area contributed by atoms with Gasteiger partial charge in [0.15, 0.2) is 10.3 Å². The largest absolute Gasteiger partial charge is 0.233 e. The Morgan fingerprint density at radius 2 is 0.846 bits per heavy atom. The fourth-order valence-electron chi connectivity index (χ4n) is 2.39. The van der Waals surface area contributed by atoms with Crippen molar-refractivity contribution in [2.45, 2.75) is 52.4 Å². The third kappa shape index (κ3) is 5.69. The van der Waals surface area contributed by atoms with Gasteiger partial charge in [0.25, 0.3) is 0 Å². The van der Waals surface area contributed by atoms with Crippen molar-refractivity contribution in [3.63, 3.8) is 0 Å². The van der Waals surface area contributed by atoms with Crippen molar-refractivity contribution >= 4 is 44.9 Å². The molecule has 0 bridgehead atoms. The molecular formula is C22H26Cl2N2. The smallest absolute Gasteiger partial charge is 0.166 e. The average Bonchev–Trinajstić information content (AvgIpc) is 2.54. The highest BCUT2D eigenvalue weighted by Gasteiger charge is 2.14. The number of hydrogen-bond donors (Lipinski definition) is 0. The van der Waals surface area contributed by atoms with E-state index in [1.54, 1.807) is 0 Å². The first-order valence-corrected chi connectivity index (χ1v) is 9.42. The molecule has 0 aliphatic rings. The maximum atomic E-state index is 6.24. The fourth-order valence-corrected chi connectivity index (χ4v) is 2.67. The van der Waals surface area contributed by atoms with Crippen molar-refractivity contribution in [2.75, 3.05) is 0 Å². The summed E-state index contributed by atoms with van der Waals surface area (Å²) in [6.07, 6.45) is 0. The van der Waals surface area contributed by atoms with Crippen LogP contribution in [0.1, 0.15) is 52.7 Å². The number of halogens is 2. The van der Waals surface area contributed by atoms with Crippen LogP contribution in [0, 0.1) is 0 Å². The number of rotatable bonds is 3. The van der Waals surface area contributed by atoms with Crippen LogP contribution in [0.15, 0.2) is 58.5 Å². The lowest BCUT2D eigenvalue weighted by Crippen LogP contribution is -2.10. The SMILES string of the molecule is CC(C)(C)c1ccc(N=C(Cl)C(Cl)=Nc2ccc(C(C)(C)C)cc2)cc1. The quantitative estimate of drug-likeness (QED) is 0.485. The van der Waals surface area contributed by atoms with Crippen LogP contribution in [0.5, 0.6) is 0 Å². The van der Waals surface area contributed by atoms with Gasteiger partial charge in [-0.05, 0) is 46.2 Å². The molecule has 2 aromatic carbocycles. The highest BCUT2D eigenvalue weighted by atomic mass is 35.5. The van der Waals surface area contributed by atoms with Crippen LogP contribution in [0.3, 0.4) is 0 Å². The van der Waals surface area contributed by atoms with Gasteiger partial charge in [0.2, 0.25) is 0 Å². The second kappa shape index (κ2) is 7.94. The molecule has 138 valence electrons. The van der Waals surface area contributed by atoms with Crippen molar-refractivity contribution in [1.82, 2.24) is 0 Å². The van der Waals surface area contributed by atoms with Gasteiger partial charge in [0.05, 0.1) is 11.4 Å². The summed E-state index contributed by atoms with van der Waals surface area (Å²) >= 11 is 12.5. The minimum Gasteiger partial charge on any atom is -0.233 e. The highest BCUT2D eigenvalue weighted by molar-refractivity contribution is 7.00. The monoisotopic (exact) mass is 388 g/mol. The second-order valence-corrected chi connectivity index (χ2v) is 9.12. The van der Waals surface area contributed by atoms with Crippen LogP contribution in [0.2, 0.25) is 0 Å². The van der Waals surface area contributed by atoms with E-state index in [1.807, 2.05) is 24.3 Å². The molecule has 0 unspecified atom stereocenters. The van der Waals surface area contributed by atoms with Gasteiger partial charge in [-0.15, -0.1) is 0 Å². The minimum atomic E-state index is 0.102. The first-order chi connectivity index (χ1) is 12.0. The molecule has 0 radical (unpaired) electrons. The number of benzene rings is 2. The summed E-state index contributed by atoms with van der Waals surface area (Å²) in [5, 5.41) is 0.352. The van der Waals surface area contributed by atoms with Crippen molar-refractivity contribution in [3.05, 3.63) is 59.7 Å². The molecule has 2 aromatic rings. The fraction of sp³-hybridized carbons (Fsp3) is 0.364. The molecule has 0 spiro atoms. The Balaban J connectivity index is 2.18. The summed E-state index contributed by atoms with van der Waals surface area (Å²) in [6.45, 7) is 13.0. The van der Waals surface area contributed by atoms with E-state index in [1.165, 1.54) is 11.1 Å². The molecule has 0 atom stereocenters. The lowest BCUT2D eigenvalue weighted by molar-refractivity contribution is 0.590. The summed E-state index contributed by atoms with van der Waals surface area (Å²) < 4.78 is 0. The first-order valence-electron chi connectivity index (χ1n) is 8.67. The zero-order valence-electron chi connectivity index (χ0n) is 16.3. The molecule has 0 saturated carbocycles. The molecule has 4 heteroatoms. The van der Waals surface area contributed by atoms with Crippen molar-refractivity contribution in [3.8, 4) is 0 Å². The van der Waals surface area contributed by atoms with E-state index in [-0.39, 0.29) is 21.2 Å². The number of aliphatic imine (C=N–C) groups is 2. The topological polar surface area (TPSA) is 24.7 Å². The van der Waals surface area contributed by atoms with Gasteiger partial charge in [-0.3, -0.25) is 0 Å². The summed E-state index contributed by atoms with van der Waals surface area (Å²) in [7, 11) is 0. The Bertz CT molecular complexity index is 732. The maximum Gasteiger partial charge on any atom is 0.166 e. The van der Waals surface area contributed by atoms with E-state index in [4.69, 9.17) is 23.2 Å². The minimum absolute atomic E-state index is 0.102. The Morgan fingerprint density at radius 3 is 1.08 bits per heavy atom. The zero-order valence-corrected chi connectivity index (χ0v) is 17.8. The first kappa shape index (κ1) is 20.7. The van der Waals surface area contributed by atoms with E-state index in [0.717, 1.165) is 11.4 Å². The lowest BCUT2D eigenvalue weighted by atomic mass is 9.87. The summed E-state index contributed by atoms with van der Waals surface area (Å²) in [5.41, 5.74) is 4.19. The Kier molecular flexibility index (Phi) is 6.31. The molecule has 0 aromatic heterocycles. The predicted molar refractivity (Wildman–Crippen MR) is 116 cm³/mol. The van der Waals surface area contributed by atoms with Gasteiger partial charge in [-0.2, -0.15) is 0 Å². The molecule has 0 saturated heterocycles. The maximum absolute atomic E-state index is 6.24. The summed E-state index contributed by atoms with van der Waals surface area (Å²) in [4.78, 5) is 8.71. The molecule has 0 heterocycles. The van der Waals surface area contributed by atoms with Crippen LogP contribution >= 0.6 is 23.2 Å². The average molecular weight is 389 g/mol. The highest BCUT2D eigenvalue weighted by Crippen LogP contribution is 2.26. The van der Waals surface area contributed by atoms with Gasteiger partial charge in [0, 0.05) is 0 Å². The van der Waals surface area contributed by atoms with Crippen molar-refractivity contribution < 1.29 is 0 Å². The second-order valence-electron chi connectivity index (χ2n) is 8.40. The Hall–Kier alpha value is -1.64. The molecular weight excluding hydrogens is 363 g/mol. The number of nitrogens with zero attached hydrogens (tertiary/aromatic N) is 2. The molecule has 26 heavy (non-hydrogen) atoms. The molecule has 0 amide bonds. The molecule has 2 rings (SSSR count). The van der Waals surface area contributed by atoms with Gasteiger partial charge in [0.1, 0.15) is 0 Å². The van der Waals surface area contributed by atoms with E-state index in [0.29, 0.717) is 0 Å².